The summed E-state index contributed by atoms with van der Waals surface area (Å²) in [6, 6.07) is 9.31. The van der Waals surface area contributed by atoms with Gasteiger partial charge in [-0.15, -0.1) is 0 Å². The van der Waals surface area contributed by atoms with Crippen LogP contribution in [0, 0.1) is 11.6 Å². The molecule has 31 heavy (non-hydrogen) atoms. The molecule has 0 aromatic heterocycles. The van der Waals surface area contributed by atoms with Crippen molar-refractivity contribution in [3.8, 4) is 0 Å². The second-order valence-corrected chi connectivity index (χ2v) is 8.04. The zero-order valence-corrected chi connectivity index (χ0v) is 18.0. The van der Waals surface area contributed by atoms with Crippen molar-refractivity contribution in [2.45, 2.75) is 12.6 Å². The van der Waals surface area contributed by atoms with E-state index in [1.165, 1.54) is 29.2 Å². The van der Waals surface area contributed by atoms with E-state index in [0.717, 1.165) is 0 Å². The highest BCUT2D eigenvalue weighted by Gasteiger charge is 2.28. The third-order valence-electron chi connectivity index (χ3n) is 5.43. The summed E-state index contributed by atoms with van der Waals surface area (Å²) < 4.78 is 27.6. The van der Waals surface area contributed by atoms with Crippen LogP contribution in [0.3, 0.4) is 0 Å². The number of hydrogen-bond acceptors (Lipinski definition) is 4. The smallest absolute Gasteiger partial charge is 0.239 e. The number of rotatable bonds is 7. The van der Waals surface area contributed by atoms with Crippen LogP contribution in [0.2, 0.25) is 5.02 Å². The van der Waals surface area contributed by atoms with Crippen LogP contribution in [0.25, 0.3) is 0 Å². The van der Waals surface area contributed by atoms with Crippen molar-refractivity contribution in [3.05, 3.63) is 70.2 Å². The zero-order chi connectivity index (χ0) is 22.5. The van der Waals surface area contributed by atoms with Crippen LogP contribution < -0.4 is 5.73 Å². The predicted octanol–water partition coefficient (Wildman–Crippen LogP) is 2.42. The van der Waals surface area contributed by atoms with Crippen molar-refractivity contribution in [2.24, 2.45) is 5.73 Å². The number of nitrogens with two attached hydrogens (primary N) is 1. The third kappa shape index (κ3) is 5.78. The Kier molecular flexibility index (Phi) is 7.59. The highest BCUT2D eigenvalue weighted by Crippen LogP contribution is 2.22. The Labute approximate surface area is 185 Å². The van der Waals surface area contributed by atoms with Crippen LogP contribution >= 0.6 is 11.6 Å². The molecule has 1 aliphatic rings. The summed E-state index contributed by atoms with van der Waals surface area (Å²) in [4.78, 5) is 30.0. The number of carbonyl (C=O) groups is 2. The van der Waals surface area contributed by atoms with Crippen molar-refractivity contribution in [3.63, 3.8) is 0 Å². The molecule has 166 valence electrons. The lowest BCUT2D eigenvalue weighted by Crippen LogP contribution is -2.51. The van der Waals surface area contributed by atoms with Gasteiger partial charge in [0.2, 0.25) is 11.8 Å². The fourth-order valence-electron chi connectivity index (χ4n) is 3.78. The molecule has 1 unspecified atom stereocenters. The van der Waals surface area contributed by atoms with E-state index >= 15 is 0 Å². The van der Waals surface area contributed by atoms with Crippen LogP contribution in [0.4, 0.5) is 8.78 Å². The molecule has 0 saturated carbocycles. The molecule has 1 heterocycles. The quantitative estimate of drug-likeness (QED) is 0.703. The van der Waals surface area contributed by atoms with E-state index < -0.39 is 17.8 Å². The van der Waals surface area contributed by atoms with Gasteiger partial charge in [0, 0.05) is 43.3 Å². The van der Waals surface area contributed by atoms with Gasteiger partial charge in [0.25, 0.3) is 0 Å². The minimum Gasteiger partial charge on any atom is -0.368 e. The van der Waals surface area contributed by atoms with Gasteiger partial charge in [-0.05, 0) is 36.9 Å². The van der Waals surface area contributed by atoms with Gasteiger partial charge < -0.3 is 10.6 Å². The fourth-order valence-corrected chi connectivity index (χ4v) is 4.00. The molecule has 1 saturated heterocycles. The molecule has 0 bridgehead atoms. The minimum absolute atomic E-state index is 0.0384. The number of amides is 2. The van der Waals surface area contributed by atoms with Gasteiger partial charge in [-0.1, -0.05) is 29.8 Å². The number of hydrogen-bond donors (Lipinski definition) is 1. The molecule has 3 rings (SSSR count). The van der Waals surface area contributed by atoms with Crippen molar-refractivity contribution in [1.82, 2.24) is 14.7 Å². The van der Waals surface area contributed by atoms with E-state index in [0.29, 0.717) is 48.9 Å². The second kappa shape index (κ2) is 10.2. The number of benzene rings is 2. The van der Waals surface area contributed by atoms with Gasteiger partial charge in [-0.3, -0.25) is 19.4 Å². The van der Waals surface area contributed by atoms with Crippen LogP contribution in [0.15, 0.2) is 42.5 Å². The van der Waals surface area contributed by atoms with Gasteiger partial charge >= 0.3 is 0 Å². The summed E-state index contributed by atoms with van der Waals surface area (Å²) in [7, 11) is 1.61. The molecule has 0 radical (unpaired) electrons. The lowest BCUT2D eigenvalue weighted by Gasteiger charge is -2.36. The van der Waals surface area contributed by atoms with Crippen molar-refractivity contribution < 1.29 is 18.4 Å². The highest BCUT2D eigenvalue weighted by atomic mass is 35.5. The summed E-state index contributed by atoms with van der Waals surface area (Å²) in [5, 5.41) is 0.384. The fraction of sp³-hybridized carbons (Fsp3) is 0.364. The minimum atomic E-state index is -0.913. The van der Waals surface area contributed by atoms with Crippen molar-refractivity contribution >= 4 is 23.4 Å². The summed E-state index contributed by atoms with van der Waals surface area (Å²) >= 11 is 6.10. The van der Waals surface area contributed by atoms with E-state index in [1.807, 2.05) is 4.90 Å². The largest absolute Gasteiger partial charge is 0.368 e. The van der Waals surface area contributed by atoms with Crippen molar-refractivity contribution in [1.29, 1.82) is 0 Å². The zero-order valence-electron chi connectivity index (χ0n) is 17.2. The van der Waals surface area contributed by atoms with Gasteiger partial charge in [0.15, 0.2) is 0 Å². The molecule has 2 amide bonds. The molecular weight excluding hydrogens is 426 g/mol. The predicted molar refractivity (Wildman–Crippen MR) is 114 cm³/mol. The first-order valence-electron chi connectivity index (χ1n) is 9.94. The summed E-state index contributed by atoms with van der Waals surface area (Å²) in [6.07, 6.45) is 0. The molecule has 1 aliphatic heterocycles. The Morgan fingerprint density at radius 3 is 2.42 bits per heavy atom. The summed E-state index contributed by atoms with van der Waals surface area (Å²) in [6.45, 7) is 2.42. The van der Waals surface area contributed by atoms with Gasteiger partial charge in [-0.2, -0.15) is 0 Å². The van der Waals surface area contributed by atoms with Gasteiger partial charge in [-0.25, -0.2) is 8.78 Å². The van der Waals surface area contributed by atoms with Crippen LogP contribution in [0.1, 0.15) is 17.2 Å². The summed E-state index contributed by atoms with van der Waals surface area (Å²) in [5.41, 5.74) is 6.36. The van der Waals surface area contributed by atoms with Crippen LogP contribution in [-0.2, 0) is 16.1 Å². The van der Waals surface area contributed by atoms with E-state index in [-0.39, 0.29) is 18.3 Å². The number of likely N-dealkylation sites (N-methyl/N-ethyl adjacent to an activating group) is 1. The number of nitrogens with zero attached hydrogens (tertiary/aromatic N) is 3. The lowest BCUT2D eigenvalue weighted by atomic mass is 10.0. The maximum Gasteiger partial charge on any atom is 0.239 e. The topological polar surface area (TPSA) is 69.9 Å². The first kappa shape index (κ1) is 23.1. The van der Waals surface area contributed by atoms with Gasteiger partial charge in [0.05, 0.1) is 6.54 Å². The molecule has 0 aliphatic carbocycles. The maximum absolute atomic E-state index is 14.0. The van der Waals surface area contributed by atoms with Gasteiger partial charge in [0.1, 0.15) is 17.7 Å². The molecule has 9 heteroatoms. The Balaban J connectivity index is 1.57. The van der Waals surface area contributed by atoms with Crippen LogP contribution in [0.5, 0.6) is 0 Å². The SMILES string of the molecule is CN(CC(=O)N1CCN(Cc2c(F)cccc2Cl)CC1)C(C(N)=O)c1cccc(F)c1. The lowest BCUT2D eigenvalue weighted by molar-refractivity contribution is -0.135. The molecule has 6 nitrogen and oxygen atoms in total. The van der Waals surface area contributed by atoms with Crippen molar-refractivity contribution in [2.75, 3.05) is 39.8 Å². The number of halogens is 3. The molecule has 2 aromatic rings. The number of piperazine rings is 1. The maximum atomic E-state index is 14.0. The highest BCUT2D eigenvalue weighted by molar-refractivity contribution is 6.31. The van der Waals surface area contributed by atoms with E-state index in [2.05, 4.69) is 0 Å². The Morgan fingerprint density at radius 1 is 1.13 bits per heavy atom. The van der Waals surface area contributed by atoms with E-state index in [4.69, 9.17) is 17.3 Å². The molecule has 2 aromatic carbocycles. The molecule has 1 atom stereocenters. The Morgan fingerprint density at radius 2 is 1.81 bits per heavy atom. The molecule has 2 N–H and O–H groups in total. The monoisotopic (exact) mass is 450 g/mol. The Hall–Kier alpha value is -2.55. The van der Waals surface area contributed by atoms with E-state index in [9.17, 15) is 18.4 Å². The standard InChI is InChI=1S/C22H25ClF2N4O2/c1-27(21(22(26)31)15-4-2-5-16(24)12-15)14-20(30)29-10-8-28(9-11-29)13-17-18(23)6-3-7-19(17)25/h2-7,12,21H,8-11,13-14H2,1H3,(H2,26,31). The average molecular weight is 451 g/mol. The molecule has 1 fully saturated rings. The Bertz CT molecular complexity index is 931. The first-order chi connectivity index (χ1) is 14.8. The molecular formula is C22H25ClF2N4O2. The summed E-state index contributed by atoms with van der Waals surface area (Å²) in [5.74, 6) is -1.64. The number of primary amides is 1. The first-order valence-corrected chi connectivity index (χ1v) is 10.3. The number of carbonyl (C=O) groups excluding carboxylic acids is 2. The third-order valence-corrected chi connectivity index (χ3v) is 5.78. The average Bonchev–Trinajstić information content (AvgIpc) is 2.71. The normalized spacial score (nSPS) is 15.8. The van der Waals surface area contributed by atoms with Crippen LogP contribution in [-0.4, -0.2) is 66.3 Å². The second-order valence-electron chi connectivity index (χ2n) is 7.63. The van der Waals surface area contributed by atoms with E-state index in [1.54, 1.807) is 30.1 Å². The molecule has 0 spiro atoms.